The first kappa shape index (κ1) is 12.5. The van der Waals surface area contributed by atoms with E-state index in [0.717, 1.165) is 37.4 Å². The third-order valence-corrected chi connectivity index (χ3v) is 3.80. The average molecular weight is 276 g/mol. The van der Waals surface area contributed by atoms with Gasteiger partial charge in [-0.15, -0.1) is 0 Å². The maximum absolute atomic E-state index is 5.84. The van der Waals surface area contributed by atoms with E-state index in [9.17, 15) is 0 Å². The number of aromatic amines is 1. The number of aromatic nitrogens is 4. The number of ether oxygens (including phenoxy) is 1. The summed E-state index contributed by atoms with van der Waals surface area (Å²) in [7, 11) is 0. The van der Waals surface area contributed by atoms with Gasteiger partial charge in [-0.2, -0.15) is 5.10 Å². The standard InChI is InChI=1S/C13H16N4OS/c1-13(5-2-8-18-13)9-17-11(15-16-12(17)19)10-3-6-14-7-4-10/h3-4,6-7H,2,5,8-9H2,1H3,(H,16,19). The fourth-order valence-corrected chi connectivity index (χ4v) is 2.68. The zero-order valence-electron chi connectivity index (χ0n) is 10.8. The zero-order valence-corrected chi connectivity index (χ0v) is 11.6. The number of H-pyrrole nitrogens is 1. The van der Waals surface area contributed by atoms with Gasteiger partial charge in [0.1, 0.15) is 0 Å². The molecule has 0 radical (unpaired) electrons. The number of nitrogens with one attached hydrogen (secondary N) is 1. The van der Waals surface area contributed by atoms with Crippen molar-refractivity contribution in [2.45, 2.75) is 31.9 Å². The van der Waals surface area contributed by atoms with E-state index in [1.165, 1.54) is 0 Å². The Balaban J connectivity index is 1.98. The Morgan fingerprint density at radius 1 is 1.47 bits per heavy atom. The molecule has 1 saturated heterocycles. The van der Waals surface area contributed by atoms with Crippen molar-refractivity contribution in [3.8, 4) is 11.4 Å². The number of nitrogens with zero attached hydrogens (tertiary/aromatic N) is 3. The van der Waals surface area contributed by atoms with E-state index >= 15 is 0 Å². The molecule has 3 rings (SSSR count). The van der Waals surface area contributed by atoms with Crippen molar-refractivity contribution in [1.82, 2.24) is 19.7 Å². The SMILES string of the molecule is CC1(Cn2c(-c3ccncc3)n[nH]c2=S)CCCO1. The lowest BCUT2D eigenvalue weighted by Crippen LogP contribution is -2.30. The average Bonchev–Trinajstić information content (AvgIpc) is 2.99. The summed E-state index contributed by atoms with van der Waals surface area (Å²) < 4.78 is 8.48. The van der Waals surface area contributed by atoms with Crippen LogP contribution in [0.3, 0.4) is 0 Å². The first-order valence-corrected chi connectivity index (χ1v) is 6.78. The van der Waals surface area contributed by atoms with Crippen LogP contribution in [0.15, 0.2) is 24.5 Å². The van der Waals surface area contributed by atoms with Crippen LogP contribution in [0, 0.1) is 4.77 Å². The van der Waals surface area contributed by atoms with Crippen LogP contribution in [0.1, 0.15) is 19.8 Å². The van der Waals surface area contributed by atoms with E-state index in [4.69, 9.17) is 17.0 Å². The summed E-state index contributed by atoms with van der Waals surface area (Å²) >= 11 is 5.33. The molecule has 0 aromatic carbocycles. The molecule has 1 aliphatic rings. The third kappa shape index (κ3) is 2.46. The Morgan fingerprint density at radius 2 is 2.26 bits per heavy atom. The van der Waals surface area contributed by atoms with Gasteiger partial charge in [0.05, 0.1) is 12.1 Å². The second-order valence-electron chi connectivity index (χ2n) is 5.08. The van der Waals surface area contributed by atoms with E-state index in [2.05, 4.69) is 22.1 Å². The number of pyridine rings is 1. The Kier molecular flexibility index (Phi) is 3.20. The maximum atomic E-state index is 5.84. The van der Waals surface area contributed by atoms with Gasteiger partial charge in [-0.05, 0) is 44.1 Å². The van der Waals surface area contributed by atoms with Gasteiger partial charge in [0.25, 0.3) is 0 Å². The fourth-order valence-electron chi connectivity index (χ4n) is 2.48. The van der Waals surface area contributed by atoms with Gasteiger partial charge < -0.3 is 4.74 Å². The number of hydrogen-bond acceptors (Lipinski definition) is 4. The van der Waals surface area contributed by atoms with Gasteiger partial charge in [0, 0.05) is 24.6 Å². The van der Waals surface area contributed by atoms with Crippen LogP contribution in [-0.2, 0) is 11.3 Å². The molecule has 3 heterocycles. The molecule has 0 amide bonds. The second kappa shape index (κ2) is 4.86. The van der Waals surface area contributed by atoms with Crippen LogP contribution < -0.4 is 0 Å². The van der Waals surface area contributed by atoms with Crippen LogP contribution in [0.25, 0.3) is 11.4 Å². The highest BCUT2D eigenvalue weighted by molar-refractivity contribution is 7.71. The van der Waals surface area contributed by atoms with Gasteiger partial charge in [-0.1, -0.05) is 0 Å². The minimum atomic E-state index is -0.149. The molecule has 1 aliphatic heterocycles. The van der Waals surface area contributed by atoms with Crippen molar-refractivity contribution in [1.29, 1.82) is 0 Å². The summed E-state index contributed by atoms with van der Waals surface area (Å²) in [6, 6.07) is 3.86. The molecule has 1 atom stereocenters. The minimum Gasteiger partial charge on any atom is -0.373 e. The molecule has 6 heteroatoms. The summed E-state index contributed by atoms with van der Waals surface area (Å²) in [6.07, 6.45) is 5.67. The van der Waals surface area contributed by atoms with Crippen molar-refractivity contribution in [3.63, 3.8) is 0 Å². The highest BCUT2D eigenvalue weighted by atomic mass is 32.1. The van der Waals surface area contributed by atoms with Gasteiger partial charge >= 0.3 is 0 Å². The molecule has 19 heavy (non-hydrogen) atoms. The number of rotatable bonds is 3. The molecule has 1 fully saturated rings. The lowest BCUT2D eigenvalue weighted by molar-refractivity contribution is 0.00622. The van der Waals surface area contributed by atoms with Crippen molar-refractivity contribution in [2.24, 2.45) is 0 Å². The maximum Gasteiger partial charge on any atom is 0.195 e. The van der Waals surface area contributed by atoms with Crippen molar-refractivity contribution in [3.05, 3.63) is 29.3 Å². The van der Waals surface area contributed by atoms with E-state index < -0.39 is 0 Å². The molecule has 5 nitrogen and oxygen atoms in total. The lowest BCUT2D eigenvalue weighted by atomic mass is 10.0. The van der Waals surface area contributed by atoms with Crippen LogP contribution in [0.5, 0.6) is 0 Å². The Bertz CT molecular complexity index is 613. The number of hydrogen-bond donors (Lipinski definition) is 1. The van der Waals surface area contributed by atoms with Gasteiger partial charge in [-0.25, -0.2) is 0 Å². The normalized spacial score (nSPS) is 22.8. The Hall–Kier alpha value is -1.53. The molecule has 2 aromatic rings. The summed E-state index contributed by atoms with van der Waals surface area (Å²) in [6.45, 7) is 3.68. The van der Waals surface area contributed by atoms with Crippen molar-refractivity contribution < 1.29 is 4.74 Å². The first-order chi connectivity index (χ1) is 9.18. The first-order valence-electron chi connectivity index (χ1n) is 6.38. The molecule has 2 aromatic heterocycles. The molecular formula is C13H16N4OS. The molecule has 1 N–H and O–H groups in total. The third-order valence-electron chi connectivity index (χ3n) is 3.49. The topological polar surface area (TPSA) is 55.7 Å². The zero-order chi connectivity index (χ0) is 13.3. The van der Waals surface area contributed by atoms with Crippen LogP contribution in [0.2, 0.25) is 0 Å². The lowest BCUT2D eigenvalue weighted by Gasteiger charge is -2.24. The predicted molar refractivity (Wildman–Crippen MR) is 74.2 cm³/mol. The molecule has 0 saturated carbocycles. The Labute approximate surface area is 116 Å². The van der Waals surface area contributed by atoms with Gasteiger partial charge in [0.2, 0.25) is 0 Å². The molecule has 1 unspecified atom stereocenters. The van der Waals surface area contributed by atoms with Crippen LogP contribution in [-0.4, -0.2) is 32.0 Å². The van der Waals surface area contributed by atoms with Crippen molar-refractivity contribution >= 4 is 12.2 Å². The van der Waals surface area contributed by atoms with Crippen molar-refractivity contribution in [2.75, 3.05) is 6.61 Å². The van der Waals surface area contributed by atoms with Crippen LogP contribution in [0.4, 0.5) is 0 Å². The van der Waals surface area contributed by atoms with Gasteiger partial charge in [-0.3, -0.25) is 14.6 Å². The van der Waals surface area contributed by atoms with E-state index in [1.807, 2.05) is 16.7 Å². The molecule has 0 aliphatic carbocycles. The highest BCUT2D eigenvalue weighted by Gasteiger charge is 2.31. The van der Waals surface area contributed by atoms with E-state index in [0.29, 0.717) is 4.77 Å². The summed E-state index contributed by atoms with van der Waals surface area (Å²) in [5.74, 6) is 0.837. The predicted octanol–water partition coefficient (Wildman–Crippen LogP) is 2.57. The van der Waals surface area contributed by atoms with E-state index in [1.54, 1.807) is 12.4 Å². The van der Waals surface area contributed by atoms with Gasteiger partial charge in [0.15, 0.2) is 10.6 Å². The molecule has 100 valence electrons. The van der Waals surface area contributed by atoms with Crippen LogP contribution >= 0.6 is 12.2 Å². The minimum absolute atomic E-state index is 0.149. The fraction of sp³-hybridized carbons (Fsp3) is 0.462. The van der Waals surface area contributed by atoms with E-state index in [-0.39, 0.29) is 5.60 Å². The highest BCUT2D eigenvalue weighted by Crippen LogP contribution is 2.28. The largest absolute Gasteiger partial charge is 0.373 e. The molecule has 0 spiro atoms. The smallest absolute Gasteiger partial charge is 0.195 e. The second-order valence-corrected chi connectivity index (χ2v) is 5.46. The summed E-state index contributed by atoms with van der Waals surface area (Å²) in [4.78, 5) is 4.03. The molecule has 0 bridgehead atoms. The Morgan fingerprint density at radius 3 is 2.95 bits per heavy atom. The molecular weight excluding hydrogens is 260 g/mol. The monoisotopic (exact) mass is 276 g/mol. The summed E-state index contributed by atoms with van der Waals surface area (Å²) in [5.41, 5.74) is 0.855. The summed E-state index contributed by atoms with van der Waals surface area (Å²) in [5, 5.41) is 7.19. The quantitative estimate of drug-likeness (QED) is 0.875.